The van der Waals surface area contributed by atoms with E-state index in [0.717, 1.165) is 11.4 Å². The lowest BCUT2D eigenvalue weighted by Crippen LogP contribution is -2.52. The van der Waals surface area contributed by atoms with Gasteiger partial charge in [-0.2, -0.15) is 5.26 Å². The monoisotopic (exact) mass is 584 g/mol. The molecule has 43 heavy (non-hydrogen) atoms. The van der Waals surface area contributed by atoms with E-state index in [2.05, 4.69) is 95.8 Å². The van der Waals surface area contributed by atoms with Crippen LogP contribution in [0.1, 0.15) is 51.0 Å². The van der Waals surface area contributed by atoms with Gasteiger partial charge in [-0.3, -0.25) is 0 Å². The molecule has 0 saturated carbocycles. The predicted octanol–water partition coefficient (Wildman–Crippen LogP) is 9.25. The van der Waals surface area contributed by atoms with E-state index in [1.54, 1.807) is 35.7 Å². The lowest BCUT2D eigenvalue weighted by Gasteiger charge is -2.58. The molecule has 200 valence electrons. The summed E-state index contributed by atoms with van der Waals surface area (Å²) >= 11 is 3.56. The van der Waals surface area contributed by atoms with Crippen molar-refractivity contribution in [1.82, 2.24) is 9.97 Å². The van der Waals surface area contributed by atoms with Gasteiger partial charge in [-0.1, -0.05) is 72.1 Å². The highest BCUT2D eigenvalue weighted by Gasteiger charge is 2.71. The van der Waals surface area contributed by atoms with Gasteiger partial charge < -0.3 is 0 Å². The van der Waals surface area contributed by atoms with Crippen LogP contribution < -0.4 is 0 Å². The highest BCUT2D eigenvalue weighted by Crippen LogP contribution is 2.77. The zero-order valence-corrected chi connectivity index (χ0v) is 24.3. The molecule has 9 rings (SSSR count). The molecule has 6 heteroatoms. The Morgan fingerprint density at radius 1 is 0.651 bits per heavy atom. The first-order chi connectivity index (χ1) is 21.2. The van der Waals surface area contributed by atoms with Gasteiger partial charge in [0.15, 0.2) is 0 Å². The number of nitrogens with zero attached hydrogens (tertiary/aromatic N) is 4. The Balaban J connectivity index is 1.23. The largest absolute Gasteiger partial charge is 0.250 e. The molecule has 6 aromatic rings. The lowest BCUT2D eigenvalue weighted by molar-refractivity contribution is 0.327. The fourth-order valence-electron chi connectivity index (χ4n) is 7.40. The van der Waals surface area contributed by atoms with Crippen molar-refractivity contribution in [1.29, 1.82) is 5.26 Å². The minimum absolute atomic E-state index is 0.0900. The Morgan fingerprint density at radius 3 is 1.91 bits per heavy atom. The zero-order valence-electron chi connectivity index (χ0n) is 22.7. The van der Waals surface area contributed by atoms with Gasteiger partial charge in [0.1, 0.15) is 0 Å². The van der Waals surface area contributed by atoms with E-state index in [0.29, 0.717) is 22.3 Å². The van der Waals surface area contributed by atoms with Gasteiger partial charge in [-0.25, -0.2) is 14.8 Å². The summed E-state index contributed by atoms with van der Waals surface area (Å²) in [6.45, 7) is 7.59. The van der Waals surface area contributed by atoms with Crippen LogP contribution in [0.5, 0.6) is 0 Å². The highest BCUT2D eigenvalue weighted by molar-refractivity contribution is 7.99. The summed E-state index contributed by atoms with van der Waals surface area (Å²) in [6.07, 6.45) is 0. The van der Waals surface area contributed by atoms with Crippen LogP contribution in [0.25, 0.3) is 15.9 Å². The second kappa shape index (κ2) is 9.06. The molecule has 3 unspecified atom stereocenters. The maximum atomic E-state index is 9.67. The molecule has 0 saturated heterocycles. The average Bonchev–Trinajstić information content (AvgIpc) is 3.24. The van der Waals surface area contributed by atoms with Gasteiger partial charge in [-0.05, 0) is 82.9 Å². The molecule has 1 spiro atoms. The molecule has 1 heterocycles. The second-order valence-electron chi connectivity index (χ2n) is 11.1. The quantitative estimate of drug-likeness (QED) is 0.193. The molecule has 0 amide bonds. The van der Waals surface area contributed by atoms with Crippen molar-refractivity contribution in [3.63, 3.8) is 0 Å². The van der Waals surface area contributed by atoms with Gasteiger partial charge in [0.05, 0.1) is 40.6 Å². The number of benzene rings is 5. The Bertz CT molecular complexity index is 2230. The summed E-state index contributed by atoms with van der Waals surface area (Å²) in [7, 11) is 0. The first-order valence-corrected chi connectivity index (χ1v) is 15.7. The number of hydrogen-bond acceptors (Lipinski definition) is 5. The summed E-state index contributed by atoms with van der Waals surface area (Å²) in [6, 6.07) is 40.4. The van der Waals surface area contributed by atoms with Crippen molar-refractivity contribution < 1.29 is 0 Å². The molecule has 0 aliphatic heterocycles. The fourth-order valence-corrected chi connectivity index (χ4v) is 9.16. The maximum Gasteiger partial charge on any atom is 0.206 e. The number of rotatable bonds is 4. The second-order valence-corrected chi connectivity index (χ2v) is 13.4. The van der Waals surface area contributed by atoms with Gasteiger partial charge >= 0.3 is 0 Å². The average molecular weight is 585 g/mol. The van der Waals surface area contributed by atoms with E-state index < -0.39 is 0 Å². The zero-order chi connectivity index (χ0) is 28.7. The Kier molecular flexibility index (Phi) is 5.20. The normalized spacial score (nSPS) is 19.9. The minimum Gasteiger partial charge on any atom is -0.250 e. The SMILES string of the molecule is [C-]#[N+]c1cc2nc3c(nc2cc1C#N)C1c2ccc(Sc4ccccc4)cc2C12c1ccc(Sc4ccccc4)cc1C32. The van der Waals surface area contributed by atoms with E-state index in [-0.39, 0.29) is 17.3 Å². The van der Waals surface area contributed by atoms with Crippen molar-refractivity contribution in [2.75, 3.05) is 0 Å². The fraction of sp³-hybridized carbons (Fsp3) is 0.0811. The van der Waals surface area contributed by atoms with Crippen molar-refractivity contribution in [3.05, 3.63) is 160 Å². The van der Waals surface area contributed by atoms with Crippen LogP contribution in [0, 0.1) is 17.9 Å². The minimum atomic E-state index is -0.200. The standard InChI is InChI=1S/C37H20N4S2/c1-39-30-19-32-31(16-21(30)20-38)40-35-33-26-14-12-25(43-23-10-6-3-7-11-23)18-29(26)37(33)28-15-13-24(42-22-8-4-2-5-9-22)17-27(28)34(37)36(35)41-32/h2-19,33-34H. The molecule has 0 N–H and O–H groups in total. The molecule has 1 aromatic heterocycles. The summed E-state index contributed by atoms with van der Waals surface area (Å²) < 4.78 is 0. The highest BCUT2D eigenvalue weighted by atomic mass is 32.2. The maximum absolute atomic E-state index is 9.67. The molecule has 5 aromatic carbocycles. The molecular formula is C37H20N4S2. The van der Waals surface area contributed by atoms with Crippen molar-refractivity contribution in [2.24, 2.45) is 0 Å². The number of nitriles is 1. The number of hydrogen-bond donors (Lipinski definition) is 0. The summed E-state index contributed by atoms with van der Waals surface area (Å²) in [5, 5.41) is 9.67. The molecular weight excluding hydrogens is 565 g/mol. The van der Waals surface area contributed by atoms with Gasteiger partial charge in [0, 0.05) is 36.8 Å². The van der Waals surface area contributed by atoms with E-state index in [1.165, 1.54) is 41.8 Å². The van der Waals surface area contributed by atoms with Gasteiger partial charge in [-0.15, -0.1) is 0 Å². The lowest BCUT2D eigenvalue weighted by atomic mass is 9.43. The molecule has 3 aliphatic rings. The van der Waals surface area contributed by atoms with Crippen LogP contribution in [-0.2, 0) is 5.41 Å². The third-order valence-corrected chi connectivity index (χ3v) is 11.0. The molecule has 0 fully saturated rings. The smallest absolute Gasteiger partial charge is 0.206 e. The first-order valence-electron chi connectivity index (χ1n) is 14.1. The Hall–Kier alpha value is -4.88. The molecule has 4 nitrogen and oxygen atoms in total. The molecule has 0 bridgehead atoms. The first kappa shape index (κ1) is 24.7. The summed E-state index contributed by atoms with van der Waals surface area (Å²) in [4.78, 5) is 18.9. The number of fused-ring (bicyclic) bond motifs is 8. The van der Waals surface area contributed by atoms with Gasteiger partial charge in [0.2, 0.25) is 5.69 Å². The van der Waals surface area contributed by atoms with E-state index in [4.69, 9.17) is 16.5 Å². The van der Waals surface area contributed by atoms with Crippen molar-refractivity contribution >= 4 is 40.2 Å². The van der Waals surface area contributed by atoms with Crippen LogP contribution in [0.4, 0.5) is 5.69 Å². The summed E-state index contributed by atoms with van der Waals surface area (Å²) in [5.74, 6) is 0.202. The number of aromatic nitrogens is 2. The van der Waals surface area contributed by atoms with Crippen LogP contribution in [0.15, 0.2) is 129 Å². The predicted molar refractivity (Wildman–Crippen MR) is 169 cm³/mol. The van der Waals surface area contributed by atoms with Crippen LogP contribution in [0.3, 0.4) is 0 Å². The molecule has 3 aliphatic carbocycles. The third kappa shape index (κ3) is 3.34. The molecule has 3 atom stereocenters. The molecule has 0 radical (unpaired) electrons. The van der Waals surface area contributed by atoms with E-state index in [9.17, 15) is 5.26 Å². The Labute approximate surface area is 257 Å². The van der Waals surface area contributed by atoms with Crippen molar-refractivity contribution in [2.45, 2.75) is 36.8 Å². The van der Waals surface area contributed by atoms with Gasteiger partial charge in [0.25, 0.3) is 0 Å². The third-order valence-electron chi connectivity index (χ3n) is 9.05. The van der Waals surface area contributed by atoms with E-state index in [1.807, 2.05) is 12.1 Å². The van der Waals surface area contributed by atoms with Crippen LogP contribution >= 0.6 is 23.5 Å². The van der Waals surface area contributed by atoms with Crippen LogP contribution in [-0.4, -0.2) is 9.97 Å². The van der Waals surface area contributed by atoms with Crippen molar-refractivity contribution in [3.8, 4) is 6.07 Å². The Morgan fingerprint density at radius 2 is 1.26 bits per heavy atom. The van der Waals surface area contributed by atoms with Crippen LogP contribution in [0.2, 0.25) is 0 Å². The topological polar surface area (TPSA) is 53.9 Å². The van der Waals surface area contributed by atoms with E-state index >= 15 is 0 Å². The summed E-state index contributed by atoms with van der Waals surface area (Å²) in [5.41, 5.74) is 9.15.